The maximum Gasteiger partial charge on any atom is 0.224 e. The number of ether oxygens (including phenoxy) is 2. The van der Waals surface area contributed by atoms with E-state index < -0.39 is 0 Å². The first kappa shape index (κ1) is 17.9. The quantitative estimate of drug-likeness (QED) is 0.790. The SMILES string of the molecule is CCN(C[C@@H]1CCOC1)C(=O)CCNc1cc(Cl)ccc1OC. The number of anilines is 1. The van der Waals surface area contributed by atoms with Gasteiger partial charge in [0.25, 0.3) is 0 Å². The van der Waals surface area contributed by atoms with Crippen LogP contribution < -0.4 is 10.1 Å². The van der Waals surface area contributed by atoms with Crippen molar-refractivity contribution in [2.75, 3.05) is 45.3 Å². The van der Waals surface area contributed by atoms with E-state index >= 15 is 0 Å². The Morgan fingerprint density at radius 1 is 1.52 bits per heavy atom. The highest BCUT2D eigenvalue weighted by atomic mass is 35.5. The zero-order chi connectivity index (χ0) is 16.7. The van der Waals surface area contributed by atoms with E-state index in [0.717, 1.165) is 44.2 Å². The molecule has 2 rings (SSSR count). The summed E-state index contributed by atoms with van der Waals surface area (Å²) in [4.78, 5) is 14.3. The van der Waals surface area contributed by atoms with Crippen molar-refractivity contribution in [2.24, 2.45) is 5.92 Å². The molecule has 23 heavy (non-hydrogen) atoms. The molecule has 1 aliphatic rings. The zero-order valence-electron chi connectivity index (χ0n) is 13.8. The van der Waals surface area contributed by atoms with Gasteiger partial charge in [-0.25, -0.2) is 0 Å². The Balaban J connectivity index is 1.82. The Bertz CT molecular complexity index is 519. The molecular formula is C17H25ClN2O3. The smallest absolute Gasteiger partial charge is 0.224 e. The molecule has 1 fully saturated rings. The number of hydrogen-bond donors (Lipinski definition) is 1. The summed E-state index contributed by atoms with van der Waals surface area (Å²) in [6, 6.07) is 5.39. The van der Waals surface area contributed by atoms with E-state index in [-0.39, 0.29) is 5.91 Å². The fourth-order valence-electron chi connectivity index (χ4n) is 2.73. The molecule has 5 nitrogen and oxygen atoms in total. The number of carbonyl (C=O) groups is 1. The van der Waals surface area contributed by atoms with Gasteiger partial charge in [-0.2, -0.15) is 0 Å². The minimum atomic E-state index is 0.160. The van der Waals surface area contributed by atoms with Gasteiger partial charge in [0.05, 0.1) is 19.4 Å². The first-order valence-corrected chi connectivity index (χ1v) is 8.44. The molecule has 128 valence electrons. The average molecular weight is 341 g/mol. The van der Waals surface area contributed by atoms with Gasteiger partial charge in [0, 0.05) is 43.6 Å². The van der Waals surface area contributed by atoms with Gasteiger partial charge in [0.2, 0.25) is 5.91 Å². The molecule has 1 aromatic rings. The fraction of sp³-hybridized carbons (Fsp3) is 0.588. The number of nitrogens with zero attached hydrogens (tertiary/aromatic N) is 1. The van der Waals surface area contributed by atoms with E-state index in [1.165, 1.54) is 0 Å². The van der Waals surface area contributed by atoms with E-state index in [9.17, 15) is 4.79 Å². The summed E-state index contributed by atoms with van der Waals surface area (Å²) < 4.78 is 10.7. The lowest BCUT2D eigenvalue weighted by atomic mass is 10.1. The Morgan fingerprint density at radius 3 is 3.00 bits per heavy atom. The fourth-order valence-corrected chi connectivity index (χ4v) is 2.90. The first-order chi connectivity index (χ1) is 11.1. The zero-order valence-corrected chi connectivity index (χ0v) is 14.6. The molecule has 0 bridgehead atoms. The van der Waals surface area contributed by atoms with Crippen LogP contribution in [0.25, 0.3) is 0 Å². The average Bonchev–Trinajstić information content (AvgIpc) is 3.05. The molecule has 0 spiro atoms. The van der Waals surface area contributed by atoms with Gasteiger partial charge < -0.3 is 19.7 Å². The largest absolute Gasteiger partial charge is 0.495 e. The summed E-state index contributed by atoms with van der Waals surface area (Å²) in [7, 11) is 1.61. The van der Waals surface area contributed by atoms with Crippen molar-refractivity contribution in [3.05, 3.63) is 23.2 Å². The predicted molar refractivity (Wildman–Crippen MR) is 92.3 cm³/mol. The maximum absolute atomic E-state index is 12.4. The lowest BCUT2D eigenvalue weighted by molar-refractivity contribution is -0.131. The third-order valence-corrected chi connectivity index (χ3v) is 4.29. The predicted octanol–water partition coefficient (Wildman–Crippen LogP) is 3.04. The van der Waals surface area contributed by atoms with Gasteiger partial charge in [0.15, 0.2) is 0 Å². The molecule has 1 aromatic carbocycles. The molecule has 1 N–H and O–H groups in total. The van der Waals surface area contributed by atoms with E-state index in [2.05, 4.69) is 5.32 Å². The highest BCUT2D eigenvalue weighted by Gasteiger charge is 2.21. The molecule has 1 atom stereocenters. The normalized spacial score (nSPS) is 17.1. The van der Waals surface area contributed by atoms with Crippen molar-refractivity contribution in [1.29, 1.82) is 0 Å². The number of halogens is 1. The van der Waals surface area contributed by atoms with Crippen molar-refractivity contribution in [1.82, 2.24) is 4.90 Å². The molecule has 0 saturated carbocycles. The molecule has 0 aromatic heterocycles. The number of amides is 1. The van der Waals surface area contributed by atoms with E-state index in [1.54, 1.807) is 19.2 Å². The number of methoxy groups -OCH3 is 1. The second-order valence-corrected chi connectivity index (χ2v) is 6.12. The molecule has 1 saturated heterocycles. The highest BCUT2D eigenvalue weighted by Crippen LogP contribution is 2.27. The molecule has 1 heterocycles. The van der Waals surface area contributed by atoms with Crippen molar-refractivity contribution in [2.45, 2.75) is 19.8 Å². The number of nitrogens with one attached hydrogen (secondary N) is 1. The monoisotopic (exact) mass is 340 g/mol. The summed E-state index contributed by atoms with van der Waals surface area (Å²) in [5.74, 6) is 1.35. The van der Waals surface area contributed by atoms with Gasteiger partial charge in [0.1, 0.15) is 5.75 Å². The summed E-state index contributed by atoms with van der Waals surface area (Å²) in [5.41, 5.74) is 0.806. The Morgan fingerprint density at radius 2 is 2.35 bits per heavy atom. The topological polar surface area (TPSA) is 50.8 Å². The molecule has 0 aliphatic carbocycles. The number of rotatable bonds is 8. The van der Waals surface area contributed by atoms with Crippen molar-refractivity contribution in [3.8, 4) is 5.75 Å². The summed E-state index contributed by atoms with van der Waals surface area (Å²) in [5, 5.41) is 3.86. The van der Waals surface area contributed by atoms with Gasteiger partial charge in [-0.15, -0.1) is 0 Å². The third-order valence-electron chi connectivity index (χ3n) is 4.05. The molecule has 1 amide bonds. The Kier molecular flexibility index (Phi) is 6.99. The minimum Gasteiger partial charge on any atom is -0.495 e. The van der Waals surface area contributed by atoms with Gasteiger partial charge >= 0.3 is 0 Å². The van der Waals surface area contributed by atoms with Crippen LogP contribution in [-0.4, -0.2) is 50.8 Å². The number of hydrogen-bond acceptors (Lipinski definition) is 4. The molecule has 0 radical (unpaired) electrons. The standard InChI is InChI=1S/C17H25ClN2O3/c1-3-20(11-13-7-9-23-12-13)17(21)6-8-19-15-10-14(18)4-5-16(15)22-2/h4-5,10,13,19H,3,6-9,11-12H2,1-2H3/t13-/m0/s1. The van der Waals surface area contributed by atoms with Crippen LogP contribution in [0, 0.1) is 5.92 Å². The first-order valence-electron chi connectivity index (χ1n) is 8.07. The van der Waals surface area contributed by atoms with Crippen molar-refractivity contribution in [3.63, 3.8) is 0 Å². The van der Waals surface area contributed by atoms with Crippen LogP contribution in [-0.2, 0) is 9.53 Å². The van der Waals surface area contributed by atoms with E-state index in [0.29, 0.717) is 23.9 Å². The van der Waals surface area contributed by atoms with Crippen LogP contribution in [0.15, 0.2) is 18.2 Å². The molecule has 1 aliphatic heterocycles. The Hall–Kier alpha value is -1.46. The van der Waals surface area contributed by atoms with Crippen LogP contribution in [0.3, 0.4) is 0 Å². The number of carbonyl (C=O) groups excluding carboxylic acids is 1. The highest BCUT2D eigenvalue weighted by molar-refractivity contribution is 6.30. The van der Waals surface area contributed by atoms with Crippen molar-refractivity contribution < 1.29 is 14.3 Å². The summed E-state index contributed by atoms with van der Waals surface area (Å²) in [6.45, 7) is 5.66. The van der Waals surface area contributed by atoms with Crippen LogP contribution in [0.2, 0.25) is 5.02 Å². The van der Waals surface area contributed by atoms with Crippen LogP contribution in [0.4, 0.5) is 5.69 Å². The lowest BCUT2D eigenvalue weighted by Gasteiger charge is -2.24. The lowest BCUT2D eigenvalue weighted by Crippen LogP contribution is -2.36. The number of benzene rings is 1. The molecular weight excluding hydrogens is 316 g/mol. The Labute approximate surface area is 142 Å². The van der Waals surface area contributed by atoms with Gasteiger partial charge in [-0.05, 0) is 31.5 Å². The second-order valence-electron chi connectivity index (χ2n) is 5.68. The third kappa shape index (κ3) is 5.29. The maximum atomic E-state index is 12.4. The summed E-state index contributed by atoms with van der Waals surface area (Å²) >= 11 is 6.00. The van der Waals surface area contributed by atoms with E-state index in [4.69, 9.17) is 21.1 Å². The van der Waals surface area contributed by atoms with Crippen molar-refractivity contribution >= 4 is 23.2 Å². The molecule has 6 heteroatoms. The van der Waals surface area contributed by atoms with Crippen LogP contribution >= 0.6 is 11.6 Å². The van der Waals surface area contributed by atoms with Gasteiger partial charge in [-0.3, -0.25) is 4.79 Å². The second kappa shape index (κ2) is 8.99. The van der Waals surface area contributed by atoms with Crippen LogP contribution in [0.1, 0.15) is 19.8 Å². The van der Waals surface area contributed by atoms with E-state index in [1.807, 2.05) is 17.9 Å². The van der Waals surface area contributed by atoms with Gasteiger partial charge in [-0.1, -0.05) is 11.6 Å². The minimum absolute atomic E-state index is 0.160. The summed E-state index contributed by atoms with van der Waals surface area (Å²) in [6.07, 6.45) is 1.48. The van der Waals surface area contributed by atoms with Crippen LogP contribution in [0.5, 0.6) is 5.75 Å². The molecule has 0 unspecified atom stereocenters.